The topological polar surface area (TPSA) is 104 Å². The van der Waals surface area contributed by atoms with Crippen molar-refractivity contribution in [1.29, 1.82) is 0 Å². The third kappa shape index (κ3) is 7.32. The van der Waals surface area contributed by atoms with Crippen LogP contribution in [0.5, 0.6) is 0 Å². The normalized spacial score (nSPS) is 18.4. The molecular formula is C31H41N7O3. The first-order valence-electron chi connectivity index (χ1n) is 14.9. The highest BCUT2D eigenvalue weighted by Crippen LogP contribution is 2.32. The van der Waals surface area contributed by atoms with Crippen molar-refractivity contribution < 1.29 is 14.3 Å². The second kappa shape index (κ2) is 13.1. The average molecular weight is 560 g/mol. The number of hydrogen-bond acceptors (Lipinski definition) is 9. The predicted octanol–water partition coefficient (Wildman–Crippen LogP) is 2.99. The van der Waals surface area contributed by atoms with Crippen LogP contribution in [-0.2, 0) is 9.47 Å². The Morgan fingerprint density at radius 3 is 2.29 bits per heavy atom. The maximum absolute atomic E-state index is 13.3. The molecule has 3 N–H and O–H groups in total. The summed E-state index contributed by atoms with van der Waals surface area (Å²) in [7, 11) is 0. The lowest BCUT2D eigenvalue weighted by Gasteiger charge is -2.27. The van der Waals surface area contributed by atoms with Gasteiger partial charge in [0.1, 0.15) is 0 Å². The Morgan fingerprint density at radius 1 is 0.927 bits per heavy atom. The maximum Gasteiger partial charge on any atom is 0.253 e. The first kappa shape index (κ1) is 27.8. The van der Waals surface area contributed by atoms with Gasteiger partial charge in [-0.25, -0.2) is 9.97 Å². The summed E-state index contributed by atoms with van der Waals surface area (Å²) in [5.74, 6) is 0.626. The molecule has 0 unspecified atom stereocenters. The Kier molecular flexibility index (Phi) is 8.91. The number of morpholine rings is 2. The molecule has 2 saturated heterocycles. The van der Waals surface area contributed by atoms with Crippen molar-refractivity contribution >= 4 is 28.4 Å². The summed E-state index contributed by atoms with van der Waals surface area (Å²) in [6, 6.07) is 10.7. The number of aromatic nitrogens is 2. The van der Waals surface area contributed by atoms with Crippen molar-refractivity contribution in [2.75, 3.05) is 89.4 Å². The fourth-order valence-electron chi connectivity index (χ4n) is 5.45. The predicted molar refractivity (Wildman–Crippen MR) is 162 cm³/mol. The van der Waals surface area contributed by atoms with Gasteiger partial charge in [-0.05, 0) is 60.7 Å². The van der Waals surface area contributed by atoms with Gasteiger partial charge in [-0.15, -0.1) is 0 Å². The number of aryl methyl sites for hydroxylation is 1. The second-order valence-corrected chi connectivity index (χ2v) is 11.2. The number of benzene rings is 2. The van der Waals surface area contributed by atoms with Crippen LogP contribution in [-0.4, -0.2) is 111 Å². The monoisotopic (exact) mass is 559 g/mol. The molecule has 1 aliphatic carbocycles. The van der Waals surface area contributed by atoms with E-state index in [9.17, 15) is 4.79 Å². The number of nitrogens with zero attached hydrogens (tertiary/aromatic N) is 4. The number of carbonyl (C=O) groups excluding carboxylic acids is 1. The Morgan fingerprint density at radius 2 is 1.61 bits per heavy atom. The average Bonchev–Trinajstić information content (AvgIpc) is 3.82. The van der Waals surface area contributed by atoms with E-state index >= 15 is 0 Å². The second-order valence-electron chi connectivity index (χ2n) is 11.2. The molecule has 2 aromatic carbocycles. The highest BCUT2D eigenvalue weighted by molar-refractivity contribution is 6.02. The molecule has 0 radical (unpaired) electrons. The lowest BCUT2D eigenvalue weighted by atomic mass is 9.95. The summed E-state index contributed by atoms with van der Waals surface area (Å²) in [6.45, 7) is 12.5. The van der Waals surface area contributed by atoms with Gasteiger partial charge in [0, 0.05) is 75.7 Å². The Bertz CT molecular complexity index is 1350. The summed E-state index contributed by atoms with van der Waals surface area (Å²) in [5.41, 5.74) is 5.67. The number of anilines is 2. The molecule has 6 rings (SSSR count). The third-order valence-corrected chi connectivity index (χ3v) is 8.07. The quantitative estimate of drug-likeness (QED) is 0.327. The molecule has 218 valence electrons. The molecule has 10 heteroatoms. The van der Waals surface area contributed by atoms with Crippen LogP contribution in [0.15, 0.2) is 36.5 Å². The number of amides is 1. The Hall–Kier alpha value is -3.31. The smallest absolute Gasteiger partial charge is 0.253 e. The van der Waals surface area contributed by atoms with Gasteiger partial charge < -0.3 is 25.4 Å². The maximum atomic E-state index is 13.3. The molecule has 3 aromatic rings. The van der Waals surface area contributed by atoms with Gasteiger partial charge in [0.25, 0.3) is 5.91 Å². The van der Waals surface area contributed by atoms with Crippen LogP contribution >= 0.6 is 0 Å². The van der Waals surface area contributed by atoms with Crippen LogP contribution in [0.2, 0.25) is 0 Å². The molecule has 41 heavy (non-hydrogen) atoms. The van der Waals surface area contributed by atoms with E-state index in [1.165, 1.54) is 0 Å². The molecule has 0 bridgehead atoms. The molecule has 3 fully saturated rings. The molecule has 2 aliphatic heterocycles. The number of ether oxygens (including phenoxy) is 2. The van der Waals surface area contributed by atoms with Crippen LogP contribution in [0.3, 0.4) is 0 Å². The van der Waals surface area contributed by atoms with E-state index in [1.54, 1.807) is 0 Å². The molecule has 1 amide bonds. The first-order valence-corrected chi connectivity index (χ1v) is 14.9. The Labute approximate surface area is 241 Å². The fourth-order valence-corrected chi connectivity index (χ4v) is 5.45. The summed E-state index contributed by atoms with van der Waals surface area (Å²) < 4.78 is 10.9. The summed E-state index contributed by atoms with van der Waals surface area (Å²) >= 11 is 0. The van der Waals surface area contributed by atoms with Crippen molar-refractivity contribution in [3.05, 3.63) is 47.7 Å². The lowest BCUT2D eigenvalue weighted by molar-refractivity contribution is 0.0398. The molecule has 0 atom stereocenters. The fraction of sp³-hybridized carbons (Fsp3) is 0.516. The number of hydrogen-bond donors (Lipinski definition) is 3. The van der Waals surface area contributed by atoms with E-state index in [2.05, 4.69) is 55.9 Å². The number of fused-ring (bicyclic) bond motifs is 1. The van der Waals surface area contributed by atoms with Crippen molar-refractivity contribution in [2.45, 2.75) is 25.8 Å². The standard InChI is InChI=1S/C31H41N7O3/c1-22-18-29(32-6-8-37-10-14-40-15-11-37)27(30(39)35-25-3-4-25)20-26(22)23-2-5-28-24(19-23)21-34-31(36-28)33-7-9-38-12-16-41-17-13-38/h2,5,18-21,25,32H,3-4,6-17H2,1H3,(H,35,39)(H,33,34,36). The van der Waals surface area contributed by atoms with Crippen LogP contribution in [0.1, 0.15) is 28.8 Å². The molecule has 0 spiro atoms. The zero-order valence-corrected chi connectivity index (χ0v) is 24.0. The van der Waals surface area contributed by atoms with E-state index < -0.39 is 0 Å². The molecule has 10 nitrogen and oxygen atoms in total. The SMILES string of the molecule is Cc1cc(NCCN2CCOCC2)c(C(=O)NC2CC2)cc1-c1ccc2nc(NCCN3CCOCC3)ncc2c1. The van der Waals surface area contributed by atoms with Crippen molar-refractivity contribution in [2.24, 2.45) is 0 Å². The van der Waals surface area contributed by atoms with Crippen LogP contribution in [0.25, 0.3) is 22.0 Å². The lowest BCUT2D eigenvalue weighted by Crippen LogP contribution is -2.39. The van der Waals surface area contributed by atoms with E-state index in [0.29, 0.717) is 17.6 Å². The molecule has 3 aliphatic rings. The minimum atomic E-state index is -0.0143. The van der Waals surface area contributed by atoms with E-state index in [4.69, 9.17) is 14.5 Å². The molecule has 1 aromatic heterocycles. The molecule has 3 heterocycles. The van der Waals surface area contributed by atoms with Crippen molar-refractivity contribution in [1.82, 2.24) is 25.1 Å². The zero-order valence-electron chi connectivity index (χ0n) is 24.0. The van der Waals surface area contributed by atoms with Gasteiger partial charge >= 0.3 is 0 Å². The van der Waals surface area contributed by atoms with Crippen LogP contribution < -0.4 is 16.0 Å². The van der Waals surface area contributed by atoms with Gasteiger partial charge in [0.2, 0.25) is 5.95 Å². The Balaban J connectivity index is 1.17. The minimum absolute atomic E-state index is 0.0143. The number of rotatable bonds is 11. The van der Waals surface area contributed by atoms with Crippen LogP contribution in [0.4, 0.5) is 11.6 Å². The molecular weight excluding hydrogens is 518 g/mol. The zero-order chi connectivity index (χ0) is 28.0. The largest absolute Gasteiger partial charge is 0.383 e. The van der Waals surface area contributed by atoms with Gasteiger partial charge in [0.15, 0.2) is 0 Å². The third-order valence-electron chi connectivity index (χ3n) is 8.07. The van der Waals surface area contributed by atoms with Gasteiger partial charge in [-0.2, -0.15) is 0 Å². The highest BCUT2D eigenvalue weighted by atomic mass is 16.5. The highest BCUT2D eigenvalue weighted by Gasteiger charge is 2.25. The summed E-state index contributed by atoms with van der Waals surface area (Å²) in [5, 5.41) is 11.1. The number of nitrogens with one attached hydrogen (secondary N) is 3. The van der Waals surface area contributed by atoms with Crippen LogP contribution in [0, 0.1) is 6.92 Å². The number of carbonyl (C=O) groups is 1. The van der Waals surface area contributed by atoms with Crippen molar-refractivity contribution in [3.63, 3.8) is 0 Å². The van der Waals surface area contributed by atoms with Gasteiger partial charge in [-0.1, -0.05) is 6.07 Å². The van der Waals surface area contributed by atoms with E-state index in [0.717, 1.165) is 125 Å². The summed E-state index contributed by atoms with van der Waals surface area (Å²) in [6.07, 6.45) is 3.98. The first-order chi connectivity index (χ1) is 20.1. The van der Waals surface area contributed by atoms with E-state index in [1.807, 2.05) is 18.3 Å². The summed E-state index contributed by atoms with van der Waals surface area (Å²) in [4.78, 5) is 27.4. The van der Waals surface area contributed by atoms with Crippen molar-refractivity contribution in [3.8, 4) is 11.1 Å². The molecule has 1 saturated carbocycles. The van der Waals surface area contributed by atoms with Gasteiger partial charge in [0.05, 0.1) is 37.5 Å². The van der Waals surface area contributed by atoms with E-state index in [-0.39, 0.29) is 5.91 Å². The van der Waals surface area contributed by atoms with Gasteiger partial charge in [-0.3, -0.25) is 14.6 Å². The minimum Gasteiger partial charge on any atom is -0.383 e.